The summed E-state index contributed by atoms with van der Waals surface area (Å²) in [5, 5.41) is 0. The van der Waals surface area contributed by atoms with Crippen LogP contribution in [-0.2, 0) is 0 Å². The highest BCUT2D eigenvalue weighted by molar-refractivity contribution is 5.21. The Hall–Kier alpha value is -1.05. The van der Waals surface area contributed by atoms with E-state index in [9.17, 15) is 0 Å². The lowest BCUT2D eigenvalue weighted by Gasteiger charge is -2.38. The number of ether oxygens (including phenoxy) is 1. The Bertz CT molecular complexity index is 467. The van der Waals surface area contributed by atoms with E-state index >= 15 is 0 Å². The molecule has 1 heterocycles. The van der Waals surface area contributed by atoms with Crippen LogP contribution in [0, 0.1) is 17.8 Å². The van der Waals surface area contributed by atoms with Crippen molar-refractivity contribution in [1.29, 1.82) is 0 Å². The average molecular weight is 330 g/mol. The van der Waals surface area contributed by atoms with Gasteiger partial charge in [-0.1, -0.05) is 38.7 Å². The van der Waals surface area contributed by atoms with E-state index in [-0.39, 0.29) is 0 Å². The van der Waals surface area contributed by atoms with Crippen molar-refractivity contribution in [3.05, 3.63) is 23.9 Å². The van der Waals surface area contributed by atoms with Crippen LogP contribution in [-0.4, -0.2) is 11.6 Å². The third-order valence-electron chi connectivity index (χ3n) is 6.55. The van der Waals surface area contributed by atoms with Gasteiger partial charge in [-0.15, -0.1) is 0 Å². The first-order chi connectivity index (χ1) is 11.8. The molecule has 0 saturated heterocycles. The van der Waals surface area contributed by atoms with Crippen LogP contribution in [0.1, 0.15) is 89.5 Å². The van der Waals surface area contributed by atoms with Crippen LogP contribution < -0.4 is 4.74 Å². The van der Waals surface area contributed by atoms with Gasteiger partial charge < -0.3 is 4.74 Å². The fraction of sp³-hybridized carbons (Fsp3) is 0.773. The highest BCUT2D eigenvalue weighted by atomic mass is 16.5. The molecule has 0 aliphatic heterocycles. The standard InChI is InChI=1S/C22H35NO/c1-3-5-17-6-8-18(9-7-17)19-10-12-20(13-11-19)21-14-15-22(23-16-21)24-4-2/h14-20H,3-13H2,1-2H3. The van der Waals surface area contributed by atoms with Gasteiger partial charge in [0.25, 0.3) is 0 Å². The van der Waals surface area contributed by atoms with E-state index < -0.39 is 0 Å². The maximum Gasteiger partial charge on any atom is 0.213 e. The third-order valence-corrected chi connectivity index (χ3v) is 6.55. The highest BCUT2D eigenvalue weighted by Crippen LogP contribution is 2.44. The first kappa shape index (κ1) is 17.8. The summed E-state index contributed by atoms with van der Waals surface area (Å²) in [6.07, 6.45) is 16.5. The molecule has 2 fully saturated rings. The van der Waals surface area contributed by atoms with Crippen LogP contribution in [0.4, 0.5) is 0 Å². The van der Waals surface area contributed by atoms with E-state index in [1.165, 1.54) is 69.8 Å². The molecule has 2 saturated carbocycles. The quantitative estimate of drug-likeness (QED) is 0.605. The summed E-state index contributed by atoms with van der Waals surface area (Å²) in [6, 6.07) is 4.28. The summed E-state index contributed by atoms with van der Waals surface area (Å²) in [7, 11) is 0. The van der Waals surface area contributed by atoms with Gasteiger partial charge in [0.05, 0.1) is 6.61 Å². The van der Waals surface area contributed by atoms with Gasteiger partial charge in [0.2, 0.25) is 5.88 Å². The molecule has 0 radical (unpaired) electrons. The van der Waals surface area contributed by atoms with Gasteiger partial charge in [-0.05, 0) is 74.7 Å². The van der Waals surface area contributed by atoms with Gasteiger partial charge in [-0.3, -0.25) is 0 Å². The average Bonchev–Trinajstić information content (AvgIpc) is 2.64. The summed E-state index contributed by atoms with van der Waals surface area (Å²) in [5.41, 5.74) is 1.42. The Morgan fingerprint density at radius 1 is 0.917 bits per heavy atom. The maximum absolute atomic E-state index is 5.46. The number of hydrogen-bond acceptors (Lipinski definition) is 2. The van der Waals surface area contributed by atoms with E-state index in [0.29, 0.717) is 6.61 Å². The molecule has 2 heteroatoms. The summed E-state index contributed by atoms with van der Waals surface area (Å²) < 4.78 is 5.46. The predicted molar refractivity (Wildman–Crippen MR) is 100 cm³/mol. The van der Waals surface area contributed by atoms with Gasteiger partial charge in [-0.25, -0.2) is 4.98 Å². The Kier molecular flexibility index (Phi) is 6.57. The zero-order valence-corrected chi connectivity index (χ0v) is 15.7. The van der Waals surface area contributed by atoms with E-state index in [1.54, 1.807) is 0 Å². The lowest BCUT2D eigenvalue weighted by Crippen LogP contribution is -2.25. The van der Waals surface area contributed by atoms with Crippen molar-refractivity contribution in [3.8, 4) is 5.88 Å². The van der Waals surface area contributed by atoms with Crippen LogP contribution in [0.3, 0.4) is 0 Å². The minimum atomic E-state index is 0.692. The molecule has 0 spiro atoms. The molecule has 3 rings (SSSR count). The van der Waals surface area contributed by atoms with E-state index in [0.717, 1.165) is 29.6 Å². The van der Waals surface area contributed by atoms with Crippen LogP contribution in [0.2, 0.25) is 0 Å². The number of rotatable bonds is 6. The van der Waals surface area contributed by atoms with Crippen molar-refractivity contribution in [3.63, 3.8) is 0 Å². The minimum Gasteiger partial charge on any atom is -0.478 e. The Balaban J connectivity index is 1.45. The summed E-state index contributed by atoms with van der Waals surface area (Å²) in [5.74, 6) is 4.55. The molecule has 2 aliphatic carbocycles. The zero-order chi connectivity index (χ0) is 16.8. The number of nitrogens with zero attached hydrogens (tertiary/aromatic N) is 1. The second-order valence-electron chi connectivity index (χ2n) is 8.04. The summed E-state index contributed by atoms with van der Waals surface area (Å²) in [4.78, 5) is 4.46. The minimum absolute atomic E-state index is 0.692. The number of hydrogen-bond donors (Lipinski definition) is 0. The first-order valence-electron chi connectivity index (χ1n) is 10.4. The second-order valence-corrected chi connectivity index (χ2v) is 8.04. The molecule has 2 nitrogen and oxygen atoms in total. The number of aromatic nitrogens is 1. The van der Waals surface area contributed by atoms with Crippen LogP contribution in [0.5, 0.6) is 5.88 Å². The molecular weight excluding hydrogens is 294 g/mol. The van der Waals surface area contributed by atoms with Crippen molar-refractivity contribution < 1.29 is 4.74 Å². The molecule has 0 N–H and O–H groups in total. The van der Waals surface area contributed by atoms with Crippen LogP contribution in [0.25, 0.3) is 0 Å². The SMILES string of the molecule is CCCC1CCC(C2CCC(c3ccc(OCC)nc3)CC2)CC1. The maximum atomic E-state index is 5.46. The normalized spacial score (nSPS) is 30.9. The van der Waals surface area contributed by atoms with Gasteiger partial charge >= 0.3 is 0 Å². The molecule has 1 aromatic rings. The zero-order valence-electron chi connectivity index (χ0n) is 15.7. The number of pyridine rings is 1. The molecule has 2 aliphatic rings. The largest absolute Gasteiger partial charge is 0.478 e. The summed E-state index contributed by atoms with van der Waals surface area (Å²) in [6.45, 7) is 5.04. The van der Waals surface area contributed by atoms with Crippen molar-refractivity contribution in [1.82, 2.24) is 4.98 Å². The molecule has 24 heavy (non-hydrogen) atoms. The van der Waals surface area contributed by atoms with Crippen molar-refractivity contribution >= 4 is 0 Å². The molecular formula is C22H35NO. The molecule has 0 aromatic carbocycles. The van der Waals surface area contributed by atoms with Crippen molar-refractivity contribution in [2.24, 2.45) is 17.8 Å². The van der Waals surface area contributed by atoms with Gasteiger partial charge in [0, 0.05) is 12.3 Å². The van der Waals surface area contributed by atoms with Gasteiger partial charge in [-0.2, -0.15) is 0 Å². The fourth-order valence-corrected chi connectivity index (χ4v) is 5.15. The van der Waals surface area contributed by atoms with Crippen LogP contribution in [0.15, 0.2) is 18.3 Å². The van der Waals surface area contributed by atoms with Crippen molar-refractivity contribution in [2.75, 3.05) is 6.61 Å². The monoisotopic (exact) mass is 329 g/mol. The summed E-state index contributed by atoms with van der Waals surface area (Å²) >= 11 is 0. The Morgan fingerprint density at radius 3 is 2.12 bits per heavy atom. The predicted octanol–water partition coefficient (Wildman–Crippen LogP) is 6.36. The topological polar surface area (TPSA) is 22.1 Å². The fourth-order valence-electron chi connectivity index (χ4n) is 5.15. The Labute approximate surface area is 148 Å². The van der Waals surface area contributed by atoms with E-state index in [1.807, 2.05) is 19.2 Å². The second kappa shape index (κ2) is 8.87. The molecule has 0 bridgehead atoms. The molecule has 0 atom stereocenters. The lowest BCUT2D eigenvalue weighted by atomic mass is 9.68. The molecule has 0 unspecified atom stereocenters. The van der Waals surface area contributed by atoms with E-state index in [4.69, 9.17) is 4.74 Å². The van der Waals surface area contributed by atoms with E-state index in [2.05, 4.69) is 18.0 Å². The first-order valence-corrected chi connectivity index (χ1v) is 10.4. The Morgan fingerprint density at radius 2 is 1.58 bits per heavy atom. The van der Waals surface area contributed by atoms with Gasteiger partial charge in [0.15, 0.2) is 0 Å². The van der Waals surface area contributed by atoms with Crippen molar-refractivity contribution in [2.45, 2.75) is 84.0 Å². The lowest BCUT2D eigenvalue weighted by molar-refractivity contribution is 0.156. The van der Waals surface area contributed by atoms with Gasteiger partial charge in [0.1, 0.15) is 0 Å². The molecule has 1 aromatic heterocycles. The third kappa shape index (κ3) is 4.52. The smallest absolute Gasteiger partial charge is 0.213 e. The molecule has 134 valence electrons. The molecule has 0 amide bonds. The van der Waals surface area contributed by atoms with Crippen LogP contribution >= 0.6 is 0 Å². The highest BCUT2D eigenvalue weighted by Gasteiger charge is 2.31.